The van der Waals surface area contributed by atoms with Crippen LogP contribution in [0.2, 0.25) is 0 Å². The Morgan fingerprint density at radius 2 is 0.623 bits per heavy atom. The Balaban J connectivity index is 2.14. The molecule has 1 amide bonds. The maximum Gasteiger partial charge on any atom is 0.472 e. The summed E-state index contributed by atoms with van der Waals surface area (Å²) >= 11 is 0. The zero-order valence-corrected chi connectivity index (χ0v) is 51.2. The SMILES string of the molecule is CCCCCCCCCCCCCCCCCCCCCCCCCCCCCCCCCCCCCC(=O)N[C@@H](COP(=O)(O)OC1C(O)C(O)C(O)[C@@H](O)C1O)[C@H](O)CCCCCCCCCCCCCCCCC. The number of nitrogens with one attached hydrogen (secondary N) is 1. The molecular weight excluding hydrogens is 990 g/mol. The molecule has 1 fully saturated rings. The summed E-state index contributed by atoms with van der Waals surface area (Å²) in [6, 6.07) is -1.03. The molecule has 9 atom stereocenters. The smallest absolute Gasteiger partial charge is 0.391 e. The van der Waals surface area contributed by atoms with Crippen LogP contribution in [0.3, 0.4) is 0 Å². The van der Waals surface area contributed by atoms with Gasteiger partial charge in [0.1, 0.15) is 36.6 Å². The van der Waals surface area contributed by atoms with Gasteiger partial charge in [-0.1, -0.05) is 328 Å². The molecule has 0 aromatic carbocycles. The number of carbonyl (C=O) groups is 1. The first-order chi connectivity index (χ1) is 37.4. The van der Waals surface area contributed by atoms with Crippen LogP contribution in [-0.2, 0) is 18.4 Å². The van der Waals surface area contributed by atoms with Crippen molar-refractivity contribution in [3.63, 3.8) is 0 Å². The molecule has 0 aromatic heterocycles. The van der Waals surface area contributed by atoms with Gasteiger partial charge in [0.15, 0.2) is 0 Å². The number of carbonyl (C=O) groups excluding carboxylic acids is 1. The van der Waals surface area contributed by atoms with Crippen LogP contribution in [0.4, 0.5) is 0 Å². The van der Waals surface area contributed by atoms with Gasteiger partial charge in [0, 0.05) is 6.42 Å². The summed E-state index contributed by atoms with van der Waals surface area (Å²) in [4.78, 5) is 23.6. The van der Waals surface area contributed by atoms with Crippen molar-refractivity contribution in [2.75, 3.05) is 6.61 Å². The first kappa shape index (κ1) is 74.4. The Morgan fingerprint density at radius 3 is 0.896 bits per heavy atom. The number of hydrogen-bond donors (Lipinski definition) is 8. The number of phosphoric acid groups is 1. The van der Waals surface area contributed by atoms with Gasteiger partial charge < -0.3 is 40.8 Å². The Bertz CT molecular complexity index is 1300. The molecule has 0 bridgehead atoms. The van der Waals surface area contributed by atoms with Crippen molar-refractivity contribution >= 4 is 13.7 Å². The van der Waals surface area contributed by atoms with Gasteiger partial charge in [-0.25, -0.2) is 4.57 Å². The van der Waals surface area contributed by atoms with E-state index in [-0.39, 0.29) is 12.3 Å². The lowest BCUT2D eigenvalue weighted by molar-refractivity contribution is -0.220. The third kappa shape index (κ3) is 43.7. The highest BCUT2D eigenvalue weighted by molar-refractivity contribution is 7.47. The van der Waals surface area contributed by atoms with E-state index in [1.807, 2.05) is 0 Å². The first-order valence-corrected chi connectivity index (χ1v) is 35.0. The standard InChI is InChI=1S/C64H128NO11P/c1-3-5-7-9-11-13-15-17-19-20-21-22-23-24-25-26-27-28-29-30-31-32-33-34-35-36-37-38-40-42-44-46-48-50-52-54-58(67)65-56(55-75-77(73,74)76-64-62(71)60(69)59(68)61(70)63(64)72)57(66)53-51-49-47-45-43-41-39-18-16-14-12-10-8-6-4-2/h56-57,59-64,66,68-72H,3-55H2,1-2H3,(H,65,67)(H,73,74)/t56-,57+,59?,60+,61?,62?,63?,64?/m0/s1. The van der Waals surface area contributed by atoms with Crippen LogP contribution in [0.5, 0.6) is 0 Å². The monoisotopic (exact) mass is 1120 g/mol. The highest BCUT2D eigenvalue weighted by Gasteiger charge is 2.51. The number of aliphatic hydroxyl groups is 6. The molecule has 13 heteroatoms. The third-order valence-electron chi connectivity index (χ3n) is 16.7. The molecule has 0 saturated heterocycles. The Kier molecular flexibility index (Phi) is 51.5. The van der Waals surface area contributed by atoms with E-state index in [9.17, 15) is 44.9 Å². The summed E-state index contributed by atoms with van der Waals surface area (Å²) in [6.45, 7) is 3.95. The summed E-state index contributed by atoms with van der Waals surface area (Å²) in [5.41, 5.74) is 0. The van der Waals surface area contributed by atoms with Crippen LogP contribution < -0.4 is 5.32 Å². The molecule has 1 rings (SSSR count). The molecule has 12 nitrogen and oxygen atoms in total. The summed E-state index contributed by atoms with van der Waals surface area (Å²) in [7, 11) is -5.06. The van der Waals surface area contributed by atoms with Crippen LogP contribution in [0.25, 0.3) is 0 Å². The van der Waals surface area contributed by atoms with E-state index in [1.165, 1.54) is 270 Å². The number of unbranched alkanes of at least 4 members (excludes halogenated alkanes) is 48. The van der Waals surface area contributed by atoms with Crippen molar-refractivity contribution in [2.45, 2.75) is 396 Å². The normalized spacial score (nSPS) is 20.4. The molecule has 0 aromatic rings. The fourth-order valence-electron chi connectivity index (χ4n) is 11.3. The first-order valence-electron chi connectivity index (χ1n) is 33.5. The van der Waals surface area contributed by atoms with E-state index in [0.29, 0.717) is 19.3 Å². The molecule has 6 unspecified atom stereocenters. The second-order valence-corrected chi connectivity index (χ2v) is 25.4. The zero-order valence-electron chi connectivity index (χ0n) is 50.3. The van der Waals surface area contributed by atoms with Crippen LogP contribution in [-0.4, -0.2) is 96.8 Å². The van der Waals surface area contributed by atoms with Crippen LogP contribution >= 0.6 is 7.82 Å². The Morgan fingerprint density at radius 1 is 0.390 bits per heavy atom. The summed E-state index contributed by atoms with van der Waals surface area (Å²) in [5.74, 6) is -0.299. The molecule has 8 N–H and O–H groups in total. The predicted octanol–water partition coefficient (Wildman–Crippen LogP) is 16.5. The maximum absolute atomic E-state index is 13.1. The molecule has 0 aliphatic heterocycles. The molecule has 0 spiro atoms. The van der Waals surface area contributed by atoms with Crippen LogP contribution in [0, 0.1) is 0 Å². The van der Waals surface area contributed by atoms with Gasteiger partial charge in [-0.2, -0.15) is 0 Å². The second-order valence-electron chi connectivity index (χ2n) is 24.0. The molecule has 0 radical (unpaired) electrons. The topological polar surface area (TPSA) is 206 Å². The van der Waals surface area contributed by atoms with Gasteiger partial charge in [-0.15, -0.1) is 0 Å². The van der Waals surface area contributed by atoms with Gasteiger partial charge in [0.05, 0.1) is 18.8 Å². The van der Waals surface area contributed by atoms with E-state index in [2.05, 4.69) is 19.2 Å². The number of hydrogen-bond acceptors (Lipinski definition) is 10. The quantitative estimate of drug-likeness (QED) is 0.0212. The summed E-state index contributed by atoms with van der Waals surface area (Å²) < 4.78 is 23.1. The summed E-state index contributed by atoms with van der Waals surface area (Å²) in [6.07, 6.45) is 53.2. The molecule has 1 aliphatic carbocycles. The highest BCUT2D eigenvalue weighted by Crippen LogP contribution is 2.47. The molecule has 1 aliphatic rings. The number of aliphatic hydroxyl groups excluding tert-OH is 6. The van der Waals surface area contributed by atoms with Crippen LogP contribution in [0.15, 0.2) is 0 Å². The minimum Gasteiger partial charge on any atom is -0.391 e. The van der Waals surface area contributed by atoms with Gasteiger partial charge in [0.2, 0.25) is 5.91 Å². The largest absolute Gasteiger partial charge is 0.472 e. The molecule has 1 saturated carbocycles. The molecule has 77 heavy (non-hydrogen) atoms. The second kappa shape index (κ2) is 53.4. The fourth-order valence-corrected chi connectivity index (χ4v) is 12.3. The number of amides is 1. The summed E-state index contributed by atoms with van der Waals surface area (Å²) in [5, 5.41) is 64.6. The van der Waals surface area contributed by atoms with Crippen molar-refractivity contribution < 1.29 is 53.9 Å². The predicted molar refractivity (Wildman–Crippen MR) is 320 cm³/mol. The minimum absolute atomic E-state index is 0.244. The van der Waals surface area contributed by atoms with E-state index < -0.39 is 63.2 Å². The van der Waals surface area contributed by atoms with Crippen molar-refractivity contribution in [2.24, 2.45) is 0 Å². The Hall–Kier alpha value is -0.660. The van der Waals surface area contributed by atoms with Crippen molar-refractivity contribution in [1.29, 1.82) is 0 Å². The lowest BCUT2D eigenvalue weighted by Gasteiger charge is -2.41. The minimum atomic E-state index is -5.06. The van der Waals surface area contributed by atoms with Gasteiger partial charge >= 0.3 is 7.82 Å². The fraction of sp³-hybridized carbons (Fsp3) is 0.984. The van der Waals surface area contributed by atoms with E-state index >= 15 is 0 Å². The Labute approximate surface area is 474 Å². The third-order valence-corrected chi connectivity index (χ3v) is 17.7. The van der Waals surface area contributed by atoms with Gasteiger partial charge in [0.25, 0.3) is 0 Å². The van der Waals surface area contributed by atoms with Crippen molar-refractivity contribution in [3.8, 4) is 0 Å². The van der Waals surface area contributed by atoms with E-state index in [0.717, 1.165) is 38.5 Å². The lowest BCUT2D eigenvalue weighted by Crippen LogP contribution is -2.64. The molecule has 460 valence electrons. The molecule has 0 heterocycles. The van der Waals surface area contributed by atoms with Crippen molar-refractivity contribution in [1.82, 2.24) is 5.32 Å². The average Bonchev–Trinajstić information content (AvgIpc) is 3.42. The van der Waals surface area contributed by atoms with E-state index in [4.69, 9.17) is 9.05 Å². The molecular formula is C64H128NO11P. The van der Waals surface area contributed by atoms with Crippen LogP contribution in [0.1, 0.15) is 348 Å². The lowest BCUT2D eigenvalue weighted by atomic mass is 9.85. The zero-order chi connectivity index (χ0) is 56.3. The van der Waals surface area contributed by atoms with Gasteiger partial charge in [-0.3, -0.25) is 13.8 Å². The number of phosphoric ester groups is 1. The maximum atomic E-state index is 13.1. The van der Waals surface area contributed by atoms with Crippen molar-refractivity contribution in [3.05, 3.63) is 0 Å². The number of rotatable bonds is 59. The van der Waals surface area contributed by atoms with Gasteiger partial charge in [-0.05, 0) is 12.8 Å². The average molecular weight is 1120 g/mol. The van der Waals surface area contributed by atoms with E-state index in [1.54, 1.807) is 0 Å². The highest BCUT2D eigenvalue weighted by atomic mass is 31.2.